The minimum absolute atomic E-state index is 0.0389. The Hall–Kier alpha value is -3.22. The molecule has 4 rings (SSSR count). The molecule has 1 amide bonds. The summed E-state index contributed by atoms with van der Waals surface area (Å²) in [4.78, 5) is 35.6. The molecule has 0 spiro atoms. The number of rotatable bonds is 4. The number of carbonyl (C=O) groups is 1. The standard InChI is InChI=1S/C21H22N4O3/c1-28-17-2-3-18-19(12-17)23-14-25(21(18)27)13-15-6-10-24(11-7-15)20(26)16-4-8-22-9-5-16/h2-5,8-9,12,14-15H,6-7,10-11,13H2,1H3. The lowest BCUT2D eigenvalue weighted by Crippen LogP contribution is -2.40. The van der Waals surface area contributed by atoms with Crippen LogP contribution in [0.1, 0.15) is 23.2 Å². The van der Waals surface area contributed by atoms with Gasteiger partial charge in [0.05, 0.1) is 24.3 Å². The topological polar surface area (TPSA) is 77.3 Å². The highest BCUT2D eigenvalue weighted by molar-refractivity contribution is 5.94. The summed E-state index contributed by atoms with van der Waals surface area (Å²) in [6.07, 6.45) is 6.61. The highest BCUT2D eigenvalue weighted by atomic mass is 16.5. The van der Waals surface area contributed by atoms with Gasteiger partial charge in [0, 0.05) is 43.7 Å². The zero-order valence-electron chi connectivity index (χ0n) is 15.7. The maximum absolute atomic E-state index is 12.8. The Morgan fingerprint density at radius 1 is 1.18 bits per heavy atom. The number of methoxy groups -OCH3 is 1. The van der Waals surface area contributed by atoms with E-state index in [1.807, 2.05) is 4.90 Å². The molecule has 3 heterocycles. The quantitative estimate of drug-likeness (QED) is 0.696. The van der Waals surface area contributed by atoms with Crippen molar-refractivity contribution in [3.63, 3.8) is 0 Å². The Bertz CT molecular complexity index is 1040. The van der Waals surface area contributed by atoms with E-state index in [0.29, 0.717) is 47.8 Å². The Kier molecular flexibility index (Phi) is 5.06. The van der Waals surface area contributed by atoms with Gasteiger partial charge in [-0.15, -0.1) is 0 Å². The van der Waals surface area contributed by atoms with Gasteiger partial charge >= 0.3 is 0 Å². The SMILES string of the molecule is COc1ccc2c(=O)n(CC3CCN(C(=O)c4ccncc4)CC3)cnc2c1. The first kappa shape index (κ1) is 18.2. The van der Waals surface area contributed by atoms with Crippen LogP contribution < -0.4 is 10.3 Å². The van der Waals surface area contributed by atoms with Gasteiger partial charge in [-0.2, -0.15) is 0 Å². The van der Waals surface area contributed by atoms with E-state index in [1.165, 1.54) is 0 Å². The third-order valence-electron chi connectivity index (χ3n) is 5.32. The minimum Gasteiger partial charge on any atom is -0.497 e. The maximum Gasteiger partial charge on any atom is 0.261 e. The van der Waals surface area contributed by atoms with Crippen molar-refractivity contribution in [2.45, 2.75) is 19.4 Å². The molecule has 1 aromatic carbocycles. The highest BCUT2D eigenvalue weighted by Gasteiger charge is 2.24. The number of hydrogen-bond acceptors (Lipinski definition) is 5. The van der Waals surface area contributed by atoms with Gasteiger partial charge in [0.1, 0.15) is 5.75 Å². The molecule has 3 aromatic rings. The smallest absolute Gasteiger partial charge is 0.261 e. The van der Waals surface area contributed by atoms with Crippen molar-refractivity contribution in [1.82, 2.24) is 19.4 Å². The summed E-state index contributed by atoms with van der Waals surface area (Å²) < 4.78 is 6.87. The van der Waals surface area contributed by atoms with Gasteiger partial charge < -0.3 is 9.64 Å². The average molecular weight is 378 g/mol. The van der Waals surface area contributed by atoms with E-state index < -0.39 is 0 Å². The van der Waals surface area contributed by atoms with Crippen LogP contribution in [0, 0.1) is 5.92 Å². The lowest BCUT2D eigenvalue weighted by molar-refractivity contribution is 0.0682. The molecular formula is C21H22N4O3. The predicted octanol–water partition coefficient (Wildman–Crippen LogP) is 2.35. The van der Waals surface area contributed by atoms with Crippen LogP contribution in [0.2, 0.25) is 0 Å². The van der Waals surface area contributed by atoms with Crippen molar-refractivity contribution >= 4 is 16.8 Å². The number of fused-ring (bicyclic) bond motifs is 1. The summed E-state index contributed by atoms with van der Waals surface area (Å²) in [5, 5.41) is 0.591. The first-order valence-electron chi connectivity index (χ1n) is 9.38. The highest BCUT2D eigenvalue weighted by Crippen LogP contribution is 2.21. The van der Waals surface area contributed by atoms with E-state index in [-0.39, 0.29) is 11.5 Å². The van der Waals surface area contributed by atoms with Gasteiger partial charge in [-0.25, -0.2) is 4.98 Å². The minimum atomic E-state index is -0.0389. The van der Waals surface area contributed by atoms with Crippen LogP contribution in [0.15, 0.2) is 53.8 Å². The number of ether oxygens (including phenoxy) is 1. The monoisotopic (exact) mass is 378 g/mol. The normalized spacial score (nSPS) is 15.0. The molecule has 2 aromatic heterocycles. The number of pyridine rings is 1. The van der Waals surface area contributed by atoms with E-state index in [9.17, 15) is 9.59 Å². The second-order valence-electron chi connectivity index (χ2n) is 7.06. The van der Waals surface area contributed by atoms with E-state index in [4.69, 9.17) is 4.74 Å². The molecule has 0 aliphatic carbocycles. The fourth-order valence-electron chi connectivity index (χ4n) is 3.67. The van der Waals surface area contributed by atoms with E-state index >= 15 is 0 Å². The molecule has 1 aliphatic rings. The van der Waals surface area contributed by atoms with Gasteiger partial charge in [-0.3, -0.25) is 19.1 Å². The van der Waals surface area contributed by atoms with Crippen LogP contribution in [-0.2, 0) is 6.54 Å². The Morgan fingerprint density at radius 2 is 1.93 bits per heavy atom. The molecule has 144 valence electrons. The zero-order chi connectivity index (χ0) is 19.5. The first-order valence-corrected chi connectivity index (χ1v) is 9.38. The molecule has 0 saturated carbocycles. The molecule has 1 saturated heterocycles. The maximum atomic E-state index is 12.8. The zero-order valence-corrected chi connectivity index (χ0v) is 15.7. The number of benzene rings is 1. The van der Waals surface area contributed by atoms with Gasteiger partial charge in [-0.05, 0) is 43.0 Å². The number of aromatic nitrogens is 3. The van der Waals surface area contributed by atoms with Crippen LogP contribution in [-0.4, -0.2) is 45.5 Å². The molecular weight excluding hydrogens is 356 g/mol. The number of nitrogens with zero attached hydrogens (tertiary/aromatic N) is 4. The summed E-state index contributed by atoms with van der Waals surface area (Å²) in [6.45, 7) is 2.00. The van der Waals surface area contributed by atoms with Crippen LogP contribution >= 0.6 is 0 Å². The van der Waals surface area contributed by atoms with Crippen molar-refractivity contribution in [3.05, 3.63) is 65.0 Å². The van der Waals surface area contributed by atoms with Crippen LogP contribution in [0.5, 0.6) is 5.75 Å². The van der Waals surface area contributed by atoms with Crippen LogP contribution in [0.3, 0.4) is 0 Å². The Labute approximate surface area is 162 Å². The van der Waals surface area contributed by atoms with E-state index in [2.05, 4.69) is 9.97 Å². The predicted molar refractivity (Wildman–Crippen MR) is 105 cm³/mol. The molecule has 1 fully saturated rings. The summed E-state index contributed by atoms with van der Waals surface area (Å²) in [5.74, 6) is 1.07. The number of carbonyl (C=O) groups excluding carboxylic acids is 1. The number of hydrogen-bond donors (Lipinski definition) is 0. The van der Waals surface area contributed by atoms with Crippen molar-refractivity contribution in [1.29, 1.82) is 0 Å². The molecule has 0 radical (unpaired) electrons. The van der Waals surface area contributed by atoms with Gasteiger partial charge in [0.15, 0.2) is 0 Å². The summed E-state index contributed by atoms with van der Waals surface area (Å²) >= 11 is 0. The average Bonchev–Trinajstić information content (AvgIpc) is 2.76. The van der Waals surface area contributed by atoms with Crippen molar-refractivity contribution in [2.75, 3.05) is 20.2 Å². The number of likely N-dealkylation sites (tertiary alicyclic amines) is 1. The van der Waals surface area contributed by atoms with Crippen LogP contribution in [0.4, 0.5) is 0 Å². The Morgan fingerprint density at radius 3 is 2.64 bits per heavy atom. The summed E-state index contributed by atoms with van der Waals surface area (Å²) in [5.41, 5.74) is 1.26. The third-order valence-corrected chi connectivity index (χ3v) is 5.32. The molecule has 28 heavy (non-hydrogen) atoms. The molecule has 0 unspecified atom stereocenters. The fraction of sp³-hybridized carbons (Fsp3) is 0.333. The van der Waals surface area contributed by atoms with Gasteiger partial charge in [0.2, 0.25) is 0 Å². The van der Waals surface area contributed by atoms with Crippen molar-refractivity contribution in [2.24, 2.45) is 5.92 Å². The van der Waals surface area contributed by atoms with Crippen molar-refractivity contribution in [3.8, 4) is 5.75 Å². The van der Waals surface area contributed by atoms with Gasteiger partial charge in [-0.1, -0.05) is 0 Å². The Balaban J connectivity index is 1.43. The lowest BCUT2D eigenvalue weighted by Gasteiger charge is -2.32. The molecule has 7 nitrogen and oxygen atoms in total. The van der Waals surface area contributed by atoms with Crippen molar-refractivity contribution < 1.29 is 9.53 Å². The second-order valence-corrected chi connectivity index (χ2v) is 7.06. The fourth-order valence-corrected chi connectivity index (χ4v) is 3.67. The number of piperidine rings is 1. The van der Waals surface area contributed by atoms with Gasteiger partial charge in [0.25, 0.3) is 11.5 Å². The summed E-state index contributed by atoms with van der Waals surface area (Å²) in [7, 11) is 1.59. The third kappa shape index (κ3) is 3.60. The molecule has 0 atom stereocenters. The largest absolute Gasteiger partial charge is 0.497 e. The molecule has 0 bridgehead atoms. The van der Waals surface area contributed by atoms with Crippen LogP contribution in [0.25, 0.3) is 10.9 Å². The first-order chi connectivity index (χ1) is 13.7. The molecule has 7 heteroatoms. The van der Waals surface area contributed by atoms with E-state index in [1.54, 1.807) is 60.7 Å². The molecule has 1 aliphatic heterocycles. The summed E-state index contributed by atoms with van der Waals surface area (Å²) in [6, 6.07) is 8.78. The molecule has 0 N–H and O–H groups in total. The lowest BCUT2D eigenvalue weighted by atomic mass is 9.96. The number of amides is 1. The second kappa shape index (κ2) is 7.80. The van der Waals surface area contributed by atoms with E-state index in [0.717, 1.165) is 12.8 Å².